The van der Waals surface area contributed by atoms with E-state index in [4.69, 9.17) is 10.7 Å². The molecular formula is C14H19ClFNO3S. The van der Waals surface area contributed by atoms with Gasteiger partial charge < -0.3 is 5.32 Å². The zero-order chi connectivity index (χ0) is 16.0. The number of rotatable bonds is 7. The number of hydrogen-bond donors (Lipinski definition) is 1. The van der Waals surface area contributed by atoms with Crippen LogP contribution in [-0.2, 0) is 9.05 Å². The summed E-state index contributed by atoms with van der Waals surface area (Å²) in [6, 6.07) is 2.07. The zero-order valence-electron chi connectivity index (χ0n) is 12.1. The van der Waals surface area contributed by atoms with Gasteiger partial charge in [0.2, 0.25) is 0 Å². The van der Waals surface area contributed by atoms with E-state index in [1.807, 2.05) is 0 Å². The Labute approximate surface area is 129 Å². The first-order valence-corrected chi connectivity index (χ1v) is 9.11. The van der Waals surface area contributed by atoms with Gasteiger partial charge in [0.15, 0.2) is 0 Å². The third-order valence-corrected chi connectivity index (χ3v) is 4.40. The van der Waals surface area contributed by atoms with Gasteiger partial charge in [0.05, 0.1) is 10.5 Å². The molecule has 1 N–H and O–H groups in total. The molecule has 0 aliphatic heterocycles. The van der Waals surface area contributed by atoms with Gasteiger partial charge in [-0.2, -0.15) is 0 Å². The van der Waals surface area contributed by atoms with E-state index in [9.17, 15) is 17.6 Å². The third-order valence-electron chi connectivity index (χ3n) is 3.07. The van der Waals surface area contributed by atoms with Crippen molar-refractivity contribution in [3.05, 3.63) is 29.1 Å². The van der Waals surface area contributed by atoms with Crippen LogP contribution in [0, 0.1) is 12.7 Å². The Morgan fingerprint density at radius 3 is 2.52 bits per heavy atom. The van der Waals surface area contributed by atoms with Gasteiger partial charge in [0.25, 0.3) is 15.0 Å². The lowest BCUT2D eigenvalue weighted by molar-refractivity contribution is 0.0948. The van der Waals surface area contributed by atoms with E-state index in [2.05, 4.69) is 12.2 Å². The largest absolute Gasteiger partial charge is 0.352 e. The molecule has 0 radical (unpaired) electrons. The summed E-state index contributed by atoms with van der Waals surface area (Å²) in [4.78, 5) is 11.7. The summed E-state index contributed by atoms with van der Waals surface area (Å²) in [6.45, 7) is 3.89. The number of hydrogen-bond acceptors (Lipinski definition) is 3. The Kier molecular flexibility index (Phi) is 6.61. The Morgan fingerprint density at radius 1 is 1.29 bits per heavy atom. The van der Waals surface area contributed by atoms with Crippen molar-refractivity contribution in [2.45, 2.75) is 44.4 Å². The fraction of sp³-hybridized carbons (Fsp3) is 0.500. The molecule has 4 nitrogen and oxygen atoms in total. The van der Waals surface area contributed by atoms with Crippen molar-refractivity contribution in [3.8, 4) is 0 Å². The second kappa shape index (κ2) is 7.75. The molecule has 0 aliphatic rings. The molecule has 0 aromatic heterocycles. The quantitative estimate of drug-likeness (QED) is 0.613. The molecule has 7 heteroatoms. The van der Waals surface area contributed by atoms with Gasteiger partial charge in [-0.25, -0.2) is 12.8 Å². The molecule has 1 amide bonds. The van der Waals surface area contributed by atoms with Crippen LogP contribution >= 0.6 is 10.7 Å². The number of carbonyl (C=O) groups is 1. The maximum atomic E-state index is 14.0. The number of aryl methyl sites for hydroxylation is 1. The van der Waals surface area contributed by atoms with Crippen LogP contribution in [0.3, 0.4) is 0 Å². The molecule has 118 valence electrons. The molecule has 0 spiro atoms. The van der Waals surface area contributed by atoms with Crippen LogP contribution in [0.4, 0.5) is 4.39 Å². The van der Waals surface area contributed by atoms with Crippen molar-refractivity contribution < 1.29 is 17.6 Å². The minimum Gasteiger partial charge on any atom is -0.352 e. The smallest absolute Gasteiger partial charge is 0.261 e. The maximum Gasteiger partial charge on any atom is 0.261 e. The van der Waals surface area contributed by atoms with E-state index >= 15 is 0 Å². The van der Waals surface area contributed by atoms with Crippen LogP contribution in [-0.4, -0.2) is 20.9 Å². The Bertz CT molecular complexity index is 617. The molecule has 0 unspecified atom stereocenters. The van der Waals surface area contributed by atoms with E-state index < -0.39 is 20.8 Å². The van der Waals surface area contributed by atoms with Gasteiger partial charge in [-0.15, -0.1) is 0 Å². The van der Waals surface area contributed by atoms with Crippen molar-refractivity contribution in [2.24, 2.45) is 0 Å². The predicted octanol–water partition coefficient (Wildman–Crippen LogP) is 3.37. The highest BCUT2D eigenvalue weighted by molar-refractivity contribution is 8.13. The maximum absolute atomic E-state index is 14.0. The summed E-state index contributed by atoms with van der Waals surface area (Å²) < 4.78 is 36.6. The van der Waals surface area contributed by atoms with Crippen LogP contribution in [0.1, 0.15) is 48.5 Å². The van der Waals surface area contributed by atoms with Crippen molar-refractivity contribution in [1.82, 2.24) is 5.32 Å². The first-order chi connectivity index (χ1) is 9.77. The van der Waals surface area contributed by atoms with Crippen LogP contribution in [0.5, 0.6) is 0 Å². The van der Waals surface area contributed by atoms with Crippen LogP contribution in [0.2, 0.25) is 0 Å². The molecule has 1 rings (SSSR count). The standard InChI is InChI=1S/C14H19ClFNO3S/c1-3-4-5-6-7-17-14(18)12-9-11(21(15,19)20)8-10(2)13(12)16/h8-9H,3-7H2,1-2H3,(H,17,18). The monoisotopic (exact) mass is 335 g/mol. The highest BCUT2D eigenvalue weighted by Gasteiger charge is 2.19. The summed E-state index contributed by atoms with van der Waals surface area (Å²) in [5, 5.41) is 2.59. The van der Waals surface area contributed by atoms with Crippen LogP contribution in [0.25, 0.3) is 0 Å². The number of benzene rings is 1. The van der Waals surface area contributed by atoms with E-state index in [1.54, 1.807) is 0 Å². The number of amides is 1. The van der Waals surface area contributed by atoms with Gasteiger partial charge in [0.1, 0.15) is 5.82 Å². The molecule has 0 saturated carbocycles. The molecule has 1 aromatic carbocycles. The first kappa shape index (κ1) is 17.9. The summed E-state index contributed by atoms with van der Waals surface area (Å²) in [7, 11) is 1.23. The van der Waals surface area contributed by atoms with Gasteiger partial charge in [-0.3, -0.25) is 4.79 Å². The molecule has 0 fully saturated rings. The Morgan fingerprint density at radius 2 is 1.95 bits per heavy atom. The minimum absolute atomic E-state index is 0.0628. The van der Waals surface area contributed by atoms with Gasteiger partial charge in [-0.05, 0) is 31.0 Å². The van der Waals surface area contributed by atoms with E-state index in [0.29, 0.717) is 6.54 Å². The lowest BCUT2D eigenvalue weighted by Crippen LogP contribution is -2.26. The van der Waals surface area contributed by atoms with E-state index in [-0.39, 0.29) is 16.0 Å². The van der Waals surface area contributed by atoms with E-state index in [1.165, 1.54) is 6.92 Å². The summed E-state index contributed by atoms with van der Waals surface area (Å²) in [6.07, 6.45) is 3.93. The molecule has 0 saturated heterocycles. The van der Waals surface area contributed by atoms with Crippen LogP contribution in [0.15, 0.2) is 17.0 Å². The lowest BCUT2D eigenvalue weighted by Gasteiger charge is -2.09. The summed E-state index contributed by atoms with van der Waals surface area (Å²) in [5.41, 5.74) is -0.238. The number of unbranched alkanes of at least 4 members (excludes halogenated alkanes) is 3. The zero-order valence-corrected chi connectivity index (χ0v) is 13.7. The fourth-order valence-electron chi connectivity index (χ4n) is 1.89. The SMILES string of the molecule is CCCCCCNC(=O)c1cc(S(=O)(=O)Cl)cc(C)c1F. The summed E-state index contributed by atoms with van der Waals surface area (Å²) >= 11 is 0. The van der Waals surface area contributed by atoms with Crippen LogP contribution < -0.4 is 5.32 Å². The van der Waals surface area contributed by atoms with Crippen molar-refractivity contribution in [2.75, 3.05) is 6.54 Å². The highest BCUT2D eigenvalue weighted by Crippen LogP contribution is 2.22. The average Bonchev–Trinajstić information content (AvgIpc) is 2.40. The third kappa shape index (κ3) is 5.28. The first-order valence-electron chi connectivity index (χ1n) is 6.80. The lowest BCUT2D eigenvalue weighted by atomic mass is 10.1. The van der Waals surface area contributed by atoms with Crippen molar-refractivity contribution >= 4 is 25.6 Å². The predicted molar refractivity (Wildman–Crippen MR) is 80.7 cm³/mol. The van der Waals surface area contributed by atoms with Crippen molar-refractivity contribution in [1.29, 1.82) is 0 Å². The number of nitrogens with one attached hydrogen (secondary N) is 1. The summed E-state index contributed by atoms with van der Waals surface area (Å²) in [5.74, 6) is -1.36. The second-order valence-electron chi connectivity index (χ2n) is 4.86. The number of halogens is 2. The van der Waals surface area contributed by atoms with Gasteiger partial charge >= 0.3 is 0 Å². The molecule has 0 atom stereocenters. The normalized spacial score (nSPS) is 11.4. The molecule has 0 bridgehead atoms. The number of carbonyl (C=O) groups excluding carboxylic acids is 1. The highest BCUT2D eigenvalue weighted by atomic mass is 35.7. The molecular weight excluding hydrogens is 317 g/mol. The van der Waals surface area contributed by atoms with Gasteiger partial charge in [0, 0.05) is 17.2 Å². The van der Waals surface area contributed by atoms with Crippen molar-refractivity contribution in [3.63, 3.8) is 0 Å². The molecule has 21 heavy (non-hydrogen) atoms. The topological polar surface area (TPSA) is 63.2 Å². The fourth-order valence-corrected chi connectivity index (χ4v) is 2.73. The molecule has 0 aliphatic carbocycles. The molecule has 1 aromatic rings. The Hall–Kier alpha value is -1.14. The molecule has 0 heterocycles. The van der Waals surface area contributed by atoms with E-state index in [0.717, 1.165) is 37.8 Å². The Balaban J connectivity index is 2.86. The minimum atomic E-state index is -4.01. The second-order valence-corrected chi connectivity index (χ2v) is 7.42. The average molecular weight is 336 g/mol. The van der Waals surface area contributed by atoms with Gasteiger partial charge in [-0.1, -0.05) is 26.2 Å².